The highest BCUT2D eigenvalue weighted by molar-refractivity contribution is 5.47. The summed E-state index contributed by atoms with van der Waals surface area (Å²) in [5, 5.41) is 0. The molecule has 0 N–H and O–H groups in total. The third kappa shape index (κ3) is 2.64. The summed E-state index contributed by atoms with van der Waals surface area (Å²) in [6, 6.07) is 6.50. The minimum Gasteiger partial charge on any atom is -0.261 e. The van der Waals surface area contributed by atoms with Gasteiger partial charge < -0.3 is 0 Å². The van der Waals surface area contributed by atoms with Gasteiger partial charge in [-0.15, -0.1) is 5.92 Å². The molecule has 1 heterocycles. The second-order valence-corrected chi connectivity index (χ2v) is 9.35. The Bertz CT molecular complexity index is 849. The molecule has 0 amide bonds. The maximum absolute atomic E-state index is 4.86. The van der Waals surface area contributed by atoms with Gasteiger partial charge in [0.25, 0.3) is 0 Å². The minimum absolute atomic E-state index is 0.343. The molecular weight excluding hydrogens is 326 g/mol. The highest BCUT2D eigenvalue weighted by Gasteiger charge is 2.56. The molecular formula is C26H31N. The molecule has 0 aliphatic heterocycles. The SMILES string of the molecule is CC#C[C@@H]1CC[C@H]2[C@@H]3CCC4=CCCCC4=C3[C@@H](c3ccccn3)C[C@]12C. The monoisotopic (exact) mass is 357 g/mol. The lowest BCUT2D eigenvalue weighted by Crippen LogP contribution is -2.43. The van der Waals surface area contributed by atoms with Crippen LogP contribution in [-0.4, -0.2) is 4.98 Å². The van der Waals surface area contributed by atoms with Gasteiger partial charge in [-0.25, -0.2) is 0 Å². The molecule has 0 spiro atoms. The molecule has 1 nitrogen and oxygen atoms in total. The summed E-state index contributed by atoms with van der Waals surface area (Å²) in [5.41, 5.74) is 6.85. The van der Waals surface area contributed by atoms with E-state index in [1.165, 1.54) is 57.1 Å². The second kappa shape index (κ2) is 6.66. The lowest BCUT2D eigenvalue weighted by molar-refractivity contribution is 0.0832. The summed E-state index contributed by atoms with van der Waals surface area (Å²) in [4.78, 5) is 4.86. The van der Waals surface area contributed by atoms with E-state index in [-0.39, 0.29) is 0 Å². The zero-order chi connectivity index (χ0) is 18.4. The molecule has 5 atom stereocenters. The Morgan fingerprint density at radius 3 is 2.89 bits per heavy atom. The molecule has 1 aromatic rings. The van der Waals surface area contributed by atoms with E-state index in [0.717, 1.165) is 11.8 Å². The van der Waals surface area contributed by atoms with E-state index in [0.29, 0.717) is 17.3 Å². The quantitative estimate of drug-likeness (QED) is 0.527. The molecule has 140 valence electrons. The molecule has 0 radical (unpaired) electrons. The van der Waals surface area contributed by atoms with Crippen LogP contribution < -0.4 is 0 Å². The van der Waals surface area contributed by atoms with Crippen LogP contribution in [0.5, 0.6) is 0 Å². The minimum atomic E-state index is 0.343. The molecule has 27 heavy (non-hydrogen) atoms. The van der Waals surface area contributed by atoms with Gasteiger partial charge in [-0.05, 0) is 98.8 Å². The smallest absolute Gasteiger partial charge is 0.0475 e. The number of hydrogen-bond acceptors (Lipinski definition) is 1. The van der Waals surface area contributed by atoms with Crippen molar-refractivity contribution in [1.29, 1.82) is 0 Å². The van der Waals surface area contributed by atoms with Gasteiger partial charge >= 0.3 is 0 Å². The zero-order valence-electron chi connectivity index (χ0n) is 16.8. The third-order valence-corrected chi connectivity index (χ3v) is 8.16. The molecule has 4 aliphatic carbocycles. The predicted molar refractivity (Wildman–Crippen MR) is 111 cm³/mol. The van der Waals surface area contributed by atoms with Crippen molar-refractivity contribution >= 4 is 0 Å². The van der Waals surface area contributed by atoms with Crippen LogP contribution in [0.25, 0.3) is 0 Å². The van der Waals surface area contributed by atoms with Crippen molar-refractivity contribution in [2.75, 3.05) is 0 Å². The molecule has 2 saturated carbocycles. The Balaban J connectivity index is 1.67. The molecule has 1 heteroatoms. The summed E-state index contributed by atoms with van der Waals surface area (Å²) in [6.45, 7) is 4.58. The maximum atomic E-state index is 4.86. The summed E-state index contributed by atoms with van der Waals surface area (Å²) in [7, 11) is 0. The van der Waals surface area contributed by atoms with Crippen LogP contribution in [0.3, 0.4) is 0 Å². The molecule has 0 aromatic carbocycles. The number of pyridine rings is 1. The van der Waals surface area contributed by atoms with Crippen LogP contribution in [0.2, 0.25) is 0 Å². The first-order valence-corrected chi connectivity index (χ1v) is 11.0. The average molecular weight is 358 g/mol. The van der Waals surface area contributed by atoms with Gasteiger partial charge in [0.05, 0.1) is 0 Å². The van der Waals surface area contributed by atoms with Crippen molar-refractivity contribution < 1.29 is 0 Å². The van der Waals surface area contributed by atoms with Crippen molar-refractivity contribution in [2.24, 2.45) is 23.2 Å². The summed E-state index contributed by atoms with van der Waals surface area (Å²) in [6.07, 6.45) is 15.0. The van der Waals surface area contributed by atoms with E-state index < -0.39 is 0 Å². The van der Waals surface area contributed by atoms with Crippen LogP contribution in [0.15, 0.2) is 47.2 Å². The fourth-order valence-corrected chi connectivity index (χ4v) is 7.02. The van der Waals surface area contributed by atoms with Crippen LogP contribution in [0.1, 0.15) is 76.8 Å². The molecule has 0 saturated heterocycles. The molecule has 4 aliphatic rings. The fourth-order valence-electron chi connectivity index (χ4n) is 7.02. The average Bonchev–Trinajstić information content (AvgIpc) is 3.04. The van der Waals surface area contributed by atoms with Crippen molar-refractivity contribution in [2.45, 2.75) is 71.1 Å². The number of aromatic nitrogens is 1. The van der Waals surface area contributed by atoms with E-state index in [1.807, 2.05) is 13.1 Å². The van der Waals surface area contributed by atoms with E-state index in [1.54, 1.807) is 16.7 Å². The van der Waals surface area contributed by atoms with Crippen LogP contribution in [0.4, 0.5) is 0 Å². The van der Waals surface area contributed by atoms with E-state index in [4.69, 9.17) is 4.98 Å². The summed E-state index contributed by atoms with van der Waals surface area (Å²) >= 11 is 0. The second-order valence-electron chi connectivity index (χ2n) is 9.35. The number of nitrogens with zero attached hydrogens (tertiary/aromatic N) is 1. The van der Waals surface area contributed by atoms with E-state index in [2.05, 4.69) is 43.0 Å². The van der Waals surface area contributed by atoms with E-state index in [9.17, 15) is 0 Å². The van der Waals surface area contributed by atoms with Gasteiger partial charge in [-0.2, -0.15) is 0 Å². The standard InChI is InChI=1S/C26H31N/c1-3-8-19-13-15-23-21-14-12-18-9-4-5-10-20(18)25(21)22(17-26(19,23)2)24-11-6-7-16-27-24/h6-7,9,11,16,19,21-23H,4-5,10,12-15,17H2,1-2H3/t19-,21+,22-,23+,26-/m1/s1. The van der Waals surface area contributed by atoms with Gasteiger partial charge in [-0.1, -0.05) is 30.6 Å². The third-order valence-electron chi connectivity index (χ3n) is 8.16. The lowest BCUT2D eigenvalue weighted by atomic mass is 9.52. The molecule has 2 fully saturated rings. The van der Waals surface area contributed by atoms with Crippen molar-refractivity contribution in [1.82, 2.24) is 4.98 Å². The van der Waals surface area contributed by atoms with Crippen molar-refractivity contribution in [3.63, 3.8) is 0 Å². The zero-order valence-corrected chi connectivity index (χ0v) is 16.8. The Morgan fingerprint density at radius 2 is 2.07 bits per heavy atom. The van der Waals surface area contributed by atoms with E-state index >= 15 is 0 Å². The normalized spacial score (nSPS) is 37.5. The maximum Gasteiger partial charge on any atom is 0.0475 e. The number of allylic oxidation sites excluding steroid dienone is 4. The summed E-state index contributed by atoms with van der Waals surface area (Å²) < 4.78 is 0. The number of hydrogen-bond donors (Lipinski definition) is 0. The van der Waals surface area contributed by atoms with Crippen LogP contribution in [-0.2, 0) is 0 Å². The highest BCUT2D eigenvalue weighted by atomic mass is 14.7. The molecule has 0 bridgehead atoms. The molecule has 5 rings (SSSR count). The number of rotatable bonds is 1. The topological polar surface area (TPSA) is 12.9 Å². The Kier molecular flexibility index (Phi) is 4.27. The predicted octanol–water partition coefficient (Wildman–Crippen LogP) is 6.44. The highest BCUT2D eigenvalue weighted by Crippen LogP contribution is 2.65. The number of fused-ring (bicyclic) bond motifs is 4. The summed E-state index contributed by atoms with van der Waals surface area (Å²) in [5.74, 6) is 9.49. The Morgan fingerprint density at radius 1 is 1.15 bits per heavy atom. The van der Waals surface area contributed by atoms with Crippen molar-refractivity contribution in [3.8, 4) is 11.8 Å². The Labute approximate surface area is 164 Å². The first kappa shape index (κ1) is 17.3. The molecule has 1 aromatic heterocycles. The van der Waals surface area contributed by atoms with Crippen molar-refractivity contribution in [3.05, 3.63) is 52.9 Å². The van der Waals surface area contributed by atoms with Gasteiger partial charge in [0.1, 0.15) is 0 Å². The van der Waals surface area contributed by atoms with Gasteiger partial charge in [0, 0.05) is 23.7 Å². The first-order valence-electron chi connectivity index (χ1n) is 11.0. The van der Waals surface area contributed by atoms with Gasteiger partial charge in [0.2, 0.25) is 0 Å². The van der Waals surface area contributed by atoms with Gasteiger partial charge in [-0.3, -0.25) is 4.98 Å². The largest absolute Gasteiger partial charge is 0.261 e. The lowest BCUT2D eigenvalue weighted by Gasteiger charge is -2.52. The van der Waals surface area contributed by atoms with Gasteiger partial charge in [0.15, 0.2) is 0 Å². The molecule has 0 unspecified atom stereocenters. The Hall–Kier alpha value is -1.81. The fraction of sp³-hybridized carbons (Fsp3) is 0.577. The van der Waals surface area contributed by atoms with Crippen LogP contribution in [0, 0.1) is 35.0 Å². The first-order chi connectivity index (χ1) is 13.2. The van der Waals surface area contributed by atoms with Crippen LogP contribution >= 0.6 is 0 Å².